The van der Waals surface area contributed by atoms with Crippen LogP contribution in [0.25, 0.3) is 0 Å². The van der Waals surface area contributed by atoms with Gasteiger partial charge in [0.2, 0.25) is 0 Å². The van der Waals surface area contributed by atoms with E-state index in [1.54, 1.807) is 7.11 Å². The van der Waals surface area contributed by atoms with Crippen molar-refractivity contribution in [3.63, 3.8) is 0 Å². The topological polar surface area (TPSA) is 27.7 Å². The minimum atomic E-state index is -1.75. The van der Waals surface area contributed by atoms with Gasteiger partial charge in [0.1, 0.15) is 5.75 Å². The molecule has 0 aromatic heterocycles. The minimum absolute atomic E-state index is 0.215. The molecule has 4 heteroatoms. The highest BCUT2D eigenvalue weighted by Crippen LogP contribution is 2.45. The van der Waals surface area contributed by atoms with Gasteiger partial charge in [-0.1, -0.05) is 32.9 Å². The Labute approximate surface area is 129 Å². The van der Waals surface area contributed by atoms with Crippen LogP contribution in [-0.4, -0.2) is 22.2 Å². The molecule has 0 radical (unpaired) electrons. The van der Waals surface area contributed by atoms with E-state index in [0.29, 0.717) is 6.79 Å². The van der Waals surface area contributed by atoms with Crippen molar-refractivity contribution in [2.24, 2.45) is 0 Å². The molecule has 0 bridgehead atoms. The van der Waals surface area contributed by atoms with Crippen molar-refractivity contribution in [2.45, 2.75) is 57.8 Å². The van der Waals surface area contributed by atoms with E-state index >= 15 is 0 Å². The Hall–Kier alpha value is -0.843. The molecule has 1 atom stereocenters. The van der Waals surface area contributed by atoms with Crippen LogP contribution in [0.1, 0.15) is 44.4 Å². The SMILES string of the molecule is COCOc1cccc2c1CCC2O[Si](C)(C)C(C)(C)C. The van der Waals surface area contributed by atoms with Crippen LogP contribution in [0.5, 0.6) is 5.75 Å². The van der Waals surface area contributed by atoms with E-state index in [1.807, 2.05) is 6.07 Å². The zero-order valence-electron chi connectivity index (χ0n) is 14.2. The summed E-state index contributed by atoms with van der Waals surface area (Å²) in [4.78, 5) is 0. The predicted octanol–water partition coefficient (Wildman–Crippen LogP) is 4.68. The number of fused-ring (bicyclic) bond motifs is 1. The Morgan fingerprint density at radius 3 is 2.57 bits per heavy atom. The monoisotopic (exact) mass is 308 g/mol. The van der Waals surface area contributed by atoms with Gasteiger partial charge in [-0.15, -0.1) is 0 Å². The van der Waals surface area contributed by atoms with Crippen LogP contribution < -0.4 is 4.74 Å². The highest BCUT2D eigenvalue weighted by atomic mass is 28.4. The van der Waals surface area contributed by atoms with Crippen LogP contribution in [-0.2, 0) is 15.6 Å². The van der Waals surface area contributed by atoms with E-state index in [0.717, 1.165) is 18.6 Å². The maximum Gasteiger partial charge on any atom is 0.192 e. The molecule has 1 aromatic rings. The molecule has 0 spiro atoms. The molecule has 1 unspecified atom stereocenters. The normalized spacial score (nSPS) is 18.7. The van der Waals surface area contributed by atoms with Gasteiger partial charge in [0.15, 0.2) is 15.1 Å². The number of ether oxygens (including phenoxy) is 2. The molecule has 1 aliphatic carbocycles. The van der Waals surface area contributed by atoms with E-state index in [4.69, 9.17) is 13.9 Å². The molecule has 3 nitrogen and oxygen atoms in total. The number of hydrogen-bond acceptors (Lipinski definition) is 3. The summed E-state index contributed by atoms with van der Waals surface area (Å²) >= 11 is 0. The maximum atomic E-state index is 6.60. The molecule has 118 valence electrons. The van der Waals surface area contributed by atoms with Gasteiger partial charge >= 0.3 is 0 Å². The Morgan fingerprint density at radius 2 is 1.95 bits per heavy atom. The molecule has 0 heterocycles. The highest BCUT2D eigenvalue weighted by molar-refractivity contribution is 6.74. The summed E-state index contributed by atoms with van der Waals surface area (Å²) in [7, 11) is -0.101. The van der Waals surface area contributed by atoms with Crippen LogP contribution in [0, 0.1) is 0 Å². The average Bonchev–Trinajstić information content (AvgIpc) is 2.78. The third kappa shape index (κ3) is 3.50. The second-order valence-corrected chi connectivity index (χ2v) is 12.0. The molecule has 21 heavy (non-hydrogen) atoms. The van der Waals surface area contributed by atoms with Crippen LogP contribution in [0.4, 0.5) is 0 Å². The van der Waals surface area contributed by atoms with Gasteiger partial charge in [-0.25, -0.2) is 0 Å². The van der Waals surface area contributed by atoms with Crippen molar-refractivity contribution in [1.82, 2.24) is 0 Å². The van der Waals surface area contributed by atoms with Crippen molar-refractivity contribution < 1.29 is 13.9 Å². The first-order chi connectivity index (χ1) is 9.76. The second kappa shape index (κ2) is 6.11. The first-order valence-corrected chi connectivity index (χ1v) is 10.6. The van der Waals surface area contributed by atoms with Gasteiger partial charge in [-0.2, -0.15) is 0 Å². The van der Waals surface area contributed by atoms with Crippen LogP contribution in [0.15, 0.2) is 18.2 Å². The largest absolute Gasteiger partial charge is 0.467 e. The number of benzene rings is 1. The van der Waals surface area contributed by atoms with Gasteiger partial charge in [0.25, 0.3) is 0 Å². The van der Waals surface area contributed by atoms with E-state index in [1.165, 1.54) is 11.1 Å². The molecule has 1 aromatic carbocycles. The number of hydrogen-bond donors (Lipinski definition) is 0. The number of rotatable bonds is 5. The van der Waals surface area contributed by atoms with Gasteiger partial charge in [-0.05, 0) is 42.6 Å². The molecular weight excluding hydrogens is 280 g/mol. The molecule has 0 amide bonds. The summed E-state index contributed by atoms with van der Waals surface area (Å²) in [6, 6.07) is 6.25. The van der Waals surface area contributed by atoms with Gasteiger partial charge in [0, 0.05) is 12.7 Å². The highest BCUT2D eigenvalue weighted by Gasteiger charge is 2.41. The van der Waals surface area contributed by atoms with Crippen molar-refractivity contribution in [3.05, 3.63) is 29.3 Å². The Morgan fingerprint density at radius 1 is 1.24 bits per heavy atom. The van der Waals surface area contributed by atoms with Crippen LogP contribution in [0.3, 0.4) is 0 Å². The lowest BCUT2D eigenvalue weighted by atomic mass is 10.1. The lowest BCUT2D eigenvalue weighted by molar-refractivity contribution is 0.0505. The average molecular weight is 308 g/mol. The molecule has 0 N–H and O–H groups in total. The summed E-state index contributed by atoms with van der Waals surface area (Å²) in [5.74, 6) is 0.940. The van der Waals surface area contributed by atoms with Crippen molar-refractivity contribution in [2.75, 3.05) is 13.9 Å². The van der Waals surface area contributed by atoms with Gasteiger partial charge < -0.3 is 13.9 Å². The van der Waals surface area contributed by atoms with E-state index in [9.17, 15) is 0 Å². The smallest absolute Gasteiger partial charge is 0.192 e. The first kappa shape index (κ1) is 16.5. The van der Waals surface area contributed by atoms with E-state index in [-0.39, 0.29) is 11.1 Å². The minimum Gasteiger partial charge on any atom is -0.467 e. The zero-order chi connectivity index (χ0) is 15.7. The zero-order valence-corrected chi connectivity index (χ0v) is 15.2. The van der Waals surface area contributed by atoms with Gasteiger partial charge in [0.05, 0.1) is 6.10 Å². The van der Waals surface area contributed by atoms with Crippen LogP contribution in [0.2, 0.25) is 18.1 Å². The fraction of sp³-hybridized carbons (Fsp3) is 0.647. The quantitative estimate of drug-likeness (QED) is 0.584. The molecule has 1 aliphatic rings. The van der Waals surface area contributed by atoms with E-state index in [2.05, 4.69) is 46.0 Å². The van der Waals surface area contributed by atoms with Crippen molar-refractivity contribution >= 4 is 8.32 Å². The molecule has 2 rings (SSSR count). The van der Waals surface area contributed by atoms with Crippen molar-refractivity contribution in [3.8, 4) is 5.75 Å². The Kier molecular flexibility index (Phi) is 4.81. The maximum absolute atomic E-state index is 6.60. The molecule has 0 saturated carbocycles. The van der Waals surface area contributed by atoms with Crippen molar-refractivity contribution in [1.29, 1.82) is 0 Å². The standard InChI is InChI=1S/C17H28O3Si/c1-17(2,3)21(5,6)20-16-11-10-14-13(16)8-7-9-15(14)19-12-18-4/h7-9,16H,10-12H2,1-6H3. The number of methoxy groups -OCH3 is 1. The third-order valence-electron chi connectivity index (χ3n) is 4.75. The molecular formula is C17H28O3Si. The summed E-state index contributed by atoms with van der Waals surface area (Å²) in [5.41, 5.74) is 2.59. The fourth-order valence-corrected chi connectivity index (χ4v) is 3.80. The summed E-state index contributed by atoms with van der Waals surface area (Å²) in [6.07, 6.45) is 2.29. The third-order valence-corrected chi connectivity index (χ3v) is 9.23. The summed E-state index contributed by atoms with van der Waals surface area (Å²) < 4.78 is 17.3. The van der Waals surface area contributed by atoms with Crippen LogP contribution >= 0.6 is 0 Å². The van der Waals surface area contributed by atoms with Gasteiger partial charge in [-0.3, -0.25) is 0 Å². The lowest BCUT2D eigenvalue weighted by Gasteiger charge is -2.38. The lowest BCUT2D eigenvalue weighted by Crippen LogP contribution is -2.41. The Balaban J connectivity index is 2.19. The second-order valence-electron chi connectivity index (χ2n) is 7.28. The molecule has 0 aliphatic heterocycles. The molecule has 0 saturated heterocycles. The summed E-state index contributed by atoms with van der Waals surface area (Å²) in [6.45, 7) is 11.8. The fourth-order valence-electron chi connectivity index (χ4n) is 2.50. The summed E-state index contributed by atoms with van der Waals surface area (Å²) in [5, 5.41) is 0.236. The van der Waals surface area contributed by atoms with E-state index < -0.39 is 8.32 Å². The predicted molar refractivity (Wildman–Crippen MR) is 88.3 cm³/mol. The molecule has 0 fully saturated rings. The first-order valence-electron chi connectivity index (χ1n) is 7.67. The Bertz CT molecular complexity index is 491.